The minimum atomic E-state index is -5.37. The van der Waals surface area contributed by atoms with E-state index < -0.39 is 52.6 Å². The van der Waals surface area contributed by atoms with Gasteiger partial charge < -0.3 is 15.2 Å². The maximum atomic E-state index is 12.4. The number of hydrogen-bond donors (Lipinski definition) is 3. The Labute approximate surface area is 144 Å². The van der Waals surface area contributed by atoms with E-state index in [0.717, 1.165) is 12.2 Å². The van der Waals surface area contributed by atoms with Crippen molar-refractivity contribution >= 4 is 23.6 Å². The van der Waals surface area contributed by atoms with Gasteiger partial charge in [0.15, 0.2) is 17.3 Å². The fraction of sp³-hybridized carbons (Fsp3) is 0.286. The summed E-state index contributed by atoms with van der Waals surface area (Å²) in [6.07, 6.45) is -3.87. The Kier molecular flexibility index (Phi) is 6.66. The molecular formula is C14H14F3N3O6. The first-order chi connectivity index (χ1) is 12.0. The molecule has 1 heterocycles. The highest BCUT2D eigenvalue weighted by Gasteiger charge is 2.38. The number of esters is 1. The normalized spacial score (nSPS) is 15.9. The zero-order valence-electron chi connectivity index (χ0n) is 13.5. The molecule has 1 aliphatic heterocycles. The lowest BCUT2D eigenvalue weighted by molar-refractivity contribution is -0.303. The predicted octanol–water partition coefficient (Wildman–Crippen LogP) is -0.141. The molecule has 12 heteroatoms. The predicted molar refractivity (Wildman–Crippen MR) is 78.1 cm³/mol. The second-order valence-electron chi connectivity index (χ2n) is 4.63. The van der Waals surface area contributed by atoms with Crippen LogP contribution < -0.4 is 16.6 Å². The Morgan fingerprint density at radius 3 is 2.23 bits per heavy atom. The molecule has 0 spiro atoms. The van der Waals surface area contributed by atoms with Crippen LogP contribution >= 0.6 is 0 Å². The van der Waals surface area contributed by atoms with E-state index >= 15 is 0 Å². The maximum Gasteiger partial charge on any atom is 0.575 e. The third kappa shape index (κ3) is 5.44. The van der Waals surface area contributed by atoms with Crippen molar-refractivity contribution in [3.05, 3.63) is 34.8 Å². The van der Waals surface area contributed by atoms with E-state index in [1.54, 1.807) is 0 Å². The molecule has 26 heavy (non-hydrogen) atoms. The van der Waals surface area contributed by atoms with Crippen molar-refractivity contribution in [2.45, 2.75) is 19.7 Å². The van der Waals surface area contributed by atoms with E-state index in [4.69, 9.17) is 10.5 Å². The largest absolute Gasteiger partial charge is 0.575 e. The fourth-order valence-corrected chi connectivity index (χ4v) is 1.75. The second-order valence-corrected chi connectivity index (χ2v) is 4.63. The monoisotopic (exact) mass is 377 g/mol. The van der Waals surface area contributed by atoms with Gasteiger partial charge >= 0.3 is 12.3 Å². The van der Waals surface area contributed by atoms with E-state index in [-0.39, 0.29) is 6.42 Å². The van der Waals surface area contributed by atoms with Crippen LogP contribution in [0.3, 0.4) is 0 Å². The Hall–Kier alpha value is -3.15. The standard InChI is InChI=1S/C14H14F3N3O6/c1-3-7(21)8-4-6(5-9(25-8)11(18)22)10(12(23)20-19-2)13(24)26-14(15,16)17/h4-5,19H,3H2,1-2H3,(H2,18,22)(H,20,23)/b10-6-. The fourth-order valence-electron chi connectivity index (χ4n) is 1.75. The molecule has 2 amide bonds. The lowest BCUT2D eigenvalue weighted by Crippen LogP contribution is -2.39. The molecule has 0 bridgehead atoms. The third-order valence-corrected chi connectivity index (χ3v) is 2.80. The summed E-state index contributed by atoms with van der Waals surface area (Å²) in [4.78, 5) is 46.9. The van der Waals surface area contributed by atoms with Gasteiger partial charge in [-0.1, -0.05) is 6.92 Å². The van der Waals surface area contributed by atoms with Gasteiger partial charge in [-0.3, -0.25) is 19.8 Å². The number of hydrazine groups is 1. The van der Waals surface area contributed by atoms with Crippen molar-refractivity contribution in [3.8, 4) is 0 Å². The van der Waals surface area contributed by atoms with Crippen LogP contribution in [0.15, 0.2) is 34.8 Å². The first kappa shape index (κ1) is 20.9. The van der Waals surface area contributed by atoms with Crippen molar-refractivity contribution in [3.63, 3.8) is 0 Å². The average Bonchev–Trinajstić information content (AvgIpc) is 2.52. The zero-order chi connectivity index (χ0) is 20.1. The number of rotatable bonds is 6. The van der Waals surface area contributed by atoms with Crippen LogP contribution in [0, 0.1) is 0 Å². The quantitative estimate of drug-likeness (QED) is 0.193. The van der Waals surface area contributed by atoms with Gasteiger partial charge in [-0.05, 0) is 12.2 Å². The maximum absolute atomic E-state index is 12.4. The number of nitrogens with one attached hydrogen (secondary N) is 2. The van der Waals surface area contributed by atoms with E-state index in [2.05, 4.69) is 10.2 Å². The highest BCUT2D eigenvalue weighted by atomic mass is 19.4. The summed E-state index contributed by atoms with van der Waals surface area (Å²) in [6.45, 7) is 1.45. The van der Waals surface area contributed by atoms with Crippen LogP contribution in [0.5, 0.6) is 0 Å². The first-order valence-corrected chi connectivity index (χ1v) is 6.95. The number of ketones is 1. The van der Waals surface area contributed by atoms with Gasteiger partial charge in [0.2, 0.25) is 0 Å². The Bertz CT molecular complexity index is 737. The number of allylic oxidation sites excluding steroid dienone is 4. The number of amides is 2. The highest BCUT2D eigenvalue weighted by Crippen LogP contribution is 2.26. The highest BCUT2D eigenvalue weighted by molar-refractivity contribution is 6.18. The van der Waals surface area contributed by atoms with Crippen LogP contribution in [0.25, 0.3) is 0 Å². The second kappa shape index (κ2) is 8.29. The number of alkyl halides is 3. The molecule has 0 saturated heterocycles. The molecule has 0 fully saturated rings. The third-order valence-electron chi connectivity index (χ3n) is 2.80. The number of ether oxygens (including phenoxy) is 2. The molecule has 4 N–H and O–H groups in total. The SMILES string of the molecule is CCC(=O)C1=C/C(=C(\C(=O)NNC)C(=O)OC(F)(F)F)C=C(C(N)=O)O1. The number of Topliss-reactive ketones (excluding diaryl/α,β-unsaturated/α-hetero) is 1. The lowest BCUT2D eigenvalue weighted by Gasteiger charge is -2.17. The Morgan fingerprint density at radius 1 is 1.19 bits per heavy atom. The smallest absolute Gasteiger partial charge is 0.448 e. The first-order valence-electron chi connectivity index (χ1n) is 6.95. The van der Waals surface area contributed by atoms with Crippen molar-refractivity contribution < 1.29 is 41.8 Å². The van der Waals surface area contributed by atoms with Crippen molar-refractivity contribution in [2.75, 3.05) is 7.05 Å². The number of carbonyl (C=O) groups excluding carboxylic acids is 4. The summed E-state index contributed by atoms with van der Waals surface area (Å²) in [5, 5.41) is 0. The van der Waals surface area contributed by atoms with Crippen molar-refractivity contribution in [1.82, 2.24) is 10.9 Å². The molecular weight excluding hydrogens is 363 g/mol. The van der Waals surface area contributed by atoms with Crippen LogP contribution in [-0.4, -0.2) is 37.0 Å². The molecule has 0 aliphatic carbocycles. The van der Waals surface area contributed by atoms with Gasteiger partial charge in [0, 0.05) is 19.0 Å². The zero-order valence-corrected chi connectivity index (χ0v) is 13.5. The van der Waals surface area contributed by atoms with Gasteiger partial charge in [-0.15, -0.1) is 13.2 Å². The van der Waals surface area contributed by atoms with E-state index in [0.29, 0.717) is 0 Å². The van der Waals surface area contributed by atoms with Crippen LogP contribution in [-0.2, 0) is 28.7 Å². The van der Waals surface area contributed by atoms with Crippen LogP contribution in [0.2, 0.25) is 0 Å². The Balaban J connectivity index is 3.58. The van der Waals surface area contributed by atoms with E-state index in [1.807, 2.05) is 5.43 Å². The number of nitrogens with two attached hydrogens (primary N) is 1. The lowest BCUT2D eigenvalue weighted by atomic mass is 10.0. The molecule has 0 radical (unpaired) electrons. The van der Waals surface area contributed by atoms with E-state index in [1.165, 1.54) is 14.0 Å². The van der Waals surface area contributed by atoms with Gasteiger partial charge in [-0.25, -0.2) is 10.2 Å². The summed E-state index contributed by atoms with van der Waals surface area (Å²) in [6, 6.07) is 0. The van der Waals surface area contributed by atoms with Gasteiger partial charge in [0.1, 0.15) is 5.57 Å². The van der Waals surface area contributed by atoms with E-state index in [9.17, 15) is 32.3 Å². The number of primary amides is 1. The van der Waals surface area contributed by atoms with Crippen molar-refractivity contribution in [2.24, 2.45) is 5.73 Å². The molecule has 1 rings (SSSR count). The molecule has 0 saturated carbocycles. The summed E-state index contributed by atoms with van der Waals surface area (Å²) >= 11 is 0. The summed E-state index contributed by atoms with van der Waals surface area (Å²) in [5.41, 5.74) is 7.42. The molecule has 0 aromatic heterocycles. The van der Waals surface area contributed by atoms with Gasteiger partial charge in [-0.2, -0.15) is 0 Å². The minimum Gasteiger partial charge on any atom is -0.448 e. The molecule has 0 aromatic rings. The molecule has 142 valence electrons. The molecule has 9 nitrogen and oxygen atoms in total. The van der Waals surface area contributed by atoms with Crippen molar-refractivity contribution in [1.29, 1.82) is 0 Å². The average molecular weight is 377 g/mol. The summed E-state index contributed by atoms with van der Waals surface area (Å²) in [7, 11) is 1.21. The number of carbonyl (C=O) groups is 4. The Morgan fingerprint density at radius 2 is 1.77 bits per heavy atom. The summed E-state index contributed by atoms with van der Waals surface area (Å²) < 4.78 is 45.2. The number of hydrogen-bond acceptors (Lipinski definition) is 7. The van der Waals surface area contributed by atoms with Crippen LogP contribution in [0.4, 0.5) is 13.2 Å². The topological polar surface area (TPSA) is 137 Å². The molecule has 0 aromatic carbocycles. The van der Waals surface area contributed by atoms with Crippen LogP contribution in [0.1, 0.15) is 13.3 Å². The molecule has 0 unspecified atom stereocenters. The van der Waals surface area contributed by atoms with Gasteiger partial charge in [0.25, 0.3) is 11.8 Å². The summed E-state index contributed by atoms with van der Waals surface area (Å²) in [5.74, 6) is -6.30. The molecule has 1 aliphatic rings. The molecule has 0 atom stereocenters. The number of halogens is 3. The van der Waals surface area contributed by atoms with Gasteiger partial charge in [0.05, 0.1) is 0 Å². The minimum absolute atomic E-state index is 0.0871.